The zero-order chi connectivity index (χ0) is 10.2. The van der Waals surface area contributed by atoms with Crippen molar-refractivity contribution in [3.05, 3.63) is 21.6 Å². The summed E-state index contributed by atoms with van der Waals surface area (Å²) in [7, 11) is 1.88. The van der Waals surface area contributed by atoms with Gasteiger partial charge < -0.3 is 0 Å². The minimum atomic E-state index is -0.0693. The number of aromatic nitrogens is 2. The summed E-state index contributed by atoms with van der Waals surface area (Å²) in [6.45, 7) is 8.27. The van der Waals surface area contributed by atoms with Crippen molar-refractivity contribution in [2.45, 2.75) is 39.5 Å². The first-order valence-corrected chi connectivity index (χ1v) is 4.66. The van der Waals surface area contributed by atoms with Gasteiger partial charge >= 0.3 is 0 Å². The molecule has 1 rings (SSSR count). The molecule has 0 atom stereocenters. The van der Waals surface area contributed by atoms with Crippen LogP contribution in [0.4, 0.5) is 0 Å². The highest BCUT2D eigenvalue weighted by Gasteiger charge is 2.23. The number of nitrogens with one attached hydrogen (secondary N) is 1. The summed E-state index contributed by atoms with van der Waals surface area (Å²) in [6.07, 6.45) is 0.891. The van der Waals surface area contributed by atoms with Crippen LogP contribution in [0, 0.1) is 0 Å². The lowest BCUT2D eigenvalue weighted by Crippen LogP contribution is -2.21. The number of nitrogens with zero attached hydrogens (tertiary/aromatic N) is 1. The monoisotopic (exact) mass is 182 g/mol. The van der Waals surface area contributed by atoms with Crippen molar-refractivity contribution in [3.8, 4) is 0 Å². The lowest BCUT2D eigenvalue weighted by atomic mass is 9.86. The second-order valence-corrected chi connectivity index (χ2v) is 4.43. The van der Waals surface area contributed by atoms with Crippen LogP contribution in [0.5, 0.6) is 0 Å². The Morgan fingerprint density at radius 2 is 1.92 bits per heavy atom. The average molecular weight is 182 g/mol. The average Bonchev–Trinajstić information content (AvgIpc) is 2.23. The largest absolute Gasteiger partial charge is 0.292 e. The molecule has 0 aliphatic rings. The second kappa shape index (κ2) is 3.05. The molecule has 1 aromatic heterocycles. The maximum absolute atomic E-state index is 11.6. The van der Waals surface area contributed by atoms with Crippen molar-refractivity contribution in [2.24, 2.45) is 7.05 Å². The van der Waals surface area contributed by atoms with Gasteiger partial charge in [-0.2, -0.15) is 0 Å². The highest BCUT2D eigenvalue weighted by Crippen LogP contribution is 2.22. The summed E-state index contributed by atoms with van der Waals surface area (Å²) in [5.74, 6) is 0. The molecule has 0 saturated carbocycles. The molecule has 0 amide bonds. The molecular formula is C10H18N2O. The number of hydrogen-bond donors (Lipinski definition) is 1. The summed E-state index contributed by atoms with van der Waals surface area (Å²) in [6, 6.07) is 0. The van der Waals surface area contributed by atoms with Crippen LogP contribution in [0.1, 0.15) is 39.0 Å². The Labute approximate surface area is 78.8 Å². The second-order valence-electron chi connectivity index (χ2n) is 4.43. The molecule has 13 heavy (non-hydrogen) atoms. The van der Waals surface area contributed by atoms with E-state index in [2.05, 4.69) is 32.8 Å². The fourth-order valence-corrected chi connectivity index (χ4v) is 1.76. The third-order valence-corrected chi connectivity index (χ3v) is 2.27. The summed E-state index contributed by atoms with van der Waals surface area (Å²) in [5, 5.41) is 2.79. The SMILES string of the molecule is CCc1c(C(C)(C)C)c(=O)[nH]n1C. The van der Waals surface area contributed by atoms with E-state index in [-0.39, 0.29) is 11.0 Å². The minimum Gasteiger partial charge on any atom is -0.292 e. The lowest BCUT2D eigenvalue weighted by molar-refractivity contribution is 0.575. The van der Waals surface area contributed by atoms with Gasteiger partial charge in [-0.15, -0.1) is 0 Å². The van der Waals surface area contributed by atoms with Gasteiger partial charge in [-0.05, 0) is 11.8 Å². The van der Waals surface area contributed by atoms with E-state index in [9.17, 15) is 4.79 Å². The number of aryl methyl sites for hydroxylation is 1. The van der Waals surface area contributed by atoms with Gasteiger partial charge in [0.25, 0.3) is 5.56 Å². The standard InChI is InChI=1S/C10H18N2O/c1-6-7-8(10(2,3)4)9(13)11-12(7)5/h6H2,1-5H3,(H,11,13). The van der Waals surface area contributed by atoms with E-state index in [4.69, 9.17) is 0 Å². The maximum atomic E-state index is 11.6. The lowest BCUT2D eigenvalue weighted by Gasteiger charge is -2.17. The predicted molar refractivity (Wildman–Crippen MR) is 54.1 cm³/mol. The Balaban J connectivity index is 3.43. The van der Waals surface area contributed by atoms with Crippen molar-refractivity contribution >= 4 is 0 Å². The third-order valence-electron chi connectivity index (χ3n) is 2.27. The molecular weight excluding hydrogens is 164 g/mol. The number of rotatable bonds is 1. The molecule has 0 aromatic carbocycles. The summed E-state index contributed by atoms with van der Waals surface area (Å²) in [4.78, 5) is 11.6. The molecule has 0 unspecified atom stereocenters. The first-order chi connectivity index (χ1) is 5.88. The molecule has 1 N–H and O–H groups in total. The third kappa shape index (κ3) is 1.69. The number of H-pyrrole nitrogens is 1. The topological polar surface area (TPSA) is 37.8 Å². The molecule has 0 spiro atoms. The Morgan fingerprint density at radius 1 is 1.38 bits per heavy atom. The van der Waals surface area contributed by atoms with Crippen LogP contribution in [-0.2, 0) is 18.9 Å². The predicted octanol–water partition coefficient (Wildman–Crippen LogP) is 1.57. The van der Waals surface area contributed by atoms with E-state index in [1.54, 1.807) is 0 Å². The van der Waals surface area contributed by atoms with Gasteiger partial charge in [-0.25, -0.2) is 0 Å². The summed E-state index contributed by atoms with van der Waals surface area (Å²) >= 11 is 0. The summed E-state index contributed by atoms with van der Waals surface area (Å²) < 4.78 is 1.82. The fourth-order valence-electron chi connectivity index (χ4n) is 1.76. The van der Waals surface area contributed by atoms with Gasteiger partial charge in [0.1, 0.15) is 0 Å². The van der Waals surface area contributed by atoms with Crippen LogP contribution >= 0.6 is 0 Å². The van der Waals surface area contributed by atoms with Gasteiger partial charge in [0.2, 0.25) is 0 Å². The van der Waals surface area contributed by atoms with Crippen LogP contribution in [-0.4, -0.2) is 9.78 Å². The van der Waals surface area contributed by atoms with E-state index in [0.717, 1.165) is 17.7 Å². The summed E-state index contributed by atoms with van der Waals surface area (Å²) in [5.41, 5.74) is 2.00. The van der Waals surface area contributed by atoms with Gasteiger partial charge in [0.05, 0.1) is 0 Å². The quantitative estimate of drug-likeness (QED) is 0.703. The van der Waals surface area contributed by atoms with E-state index < -0.39 is 0 Å². The van der Waals surface area contributed by atoms with Crippen molar-refractivity contribution in [1.29, 1.82) is 0 Å². The number of aromatic amines is 1. The van der Waals surface area contributed by atoms with Crippen molar-refractivity contribution in [1.82, 2.24) is 9.78 Å². The van der Waals surface area contributed by atoms with Gasteiger partial charge in [0, 0.05) is 18.3 Å². The van der Waals surface area contributed by atoms with E-state index >= 15 is 0 Å². The zero-order valence-electron chi connectivity index (χ0n) is 9.06. The van der Waals surface area contributed by atoms with Gasteiger partial charge in [-0.1, -0.05) is 27.7 Å². The molecule has 74 valence electrons. The van der Waals surface area contributed by atoms with Crippen LogP contribution in [0.2, 0.25) is 0 Å². The molecule has 1 aromatic rings. The molecule has 1 heterocycles. The first kappa shape index (κ1) is 10.1. The van der Waals surface area contributed by atoms with E-state index in [0.29, 0.717) is 0 Å². The molecule has 0 fully saturated rings. The molecule has 0 radical (unpaired) electrons. The smallest absolute Gasteiger partial charge is 0.268 e. The van der Waals surface area contributed by atoms with E-state index in [1.165, 1.54) is 0 Å². The van der Waals surface area contributed by atoms with Crippen LogP contribution in [0.25, 0.3) is 0 Å². The highest BCUT2D eigenvalue weighted by atomic mass is 16.1. The van der Waals surface area contributed by atoms with Crippen LogP contribution in [0.15, 0.2) is 4.79 Å². The minimum absolute atomic E-state index is 0.0480. The Hall–Kier alpha value is -0.990. The normalized spacial score (nSPS) is 12.1. The zero-order valence-corrected chi connectivity index (χ0v) is 9.06. The van der Waals surface area contributed by atoms with Crippen LogP contribution in [0.3, 0.4) is 0 Å². The molecule has 3 nitrogen and oxygen atoms in total. The molecule has 3 heteroatoms. The highest BCUT2D eigenvalue weighted by molar-refractivity contribution is 5.25. The van der Waals surface area contributed by atoms with Gasteiger partial charge in [0.15, 0.2) is 0 Å². The molecule has 0 saturated heterocycles. The Kier molecular flexibility index (Phi) is 2.37. The fraction of sp³-hybridized carbons (Fsp3) is 0.700. The Bertz CT molecular complexity index is 352. The molecule has 0 bridgehead atoms. The van der Waals surface area contributed by atoms with Crippen LogP contribution < -0.4 is 5.56 Å². The van der Waals surface area contributed by atoms with Crippen molar-refractivity contribution in [3.63, 3.8) is 0 Å². The molecule has 0 aliphatic heterocycles. The Morgan fingerprint density at radius 3 is 2.23 bits per heavy atom. The van der Waals surface area contributed by atoms with Gasteiger partial charge in [-0.3, -0.25) is 14.6 Å². The maximum Gasteiger partial charge on any atom is 0.268 e. The van der Waals surface area contributed by atoms with Crippen molar-refractivity contribution < 1.29 is 0 Å². The van der Waals surface area contributed by atoms with E-state index in [1.807, 2.05) is 11.7 Å². The van der Waals surface area contributed by atoms with Crippen molar-refractivity contribution in [2.75, 3.05) is 0 Å². The molecule has 0 aliphatic carbocycles. The first-order valence-electron chi connectivity index (χ1n) is 4.66. The number of hydrogen-bond acceptors (Lipinski definition) is 1.